The van der Waals surface area contributed by atoms with Crippen molar-refractivity contribution in [1.29, 1.82) is 0 Å². The Balaban J connectivity index is 1.62. The van der Waals surface area contributed by atoms with E-state index < -0.39 is 0 Å². The first-order valence-corrected chi connectivity index (χ1v) is 8.58. The highest BCUT2D eigenvalue weighted by atomic mass is 16.3. The van der Waals surface area contributed by atoms with Crippen LogP contribution in [-0.4, -0.2) is 87.4 Å². The maximum Gasteiger partial charge on any atom is 0.246 e. The van der Waals surface area contributed by atoms with E-state index in [0.29, 0.717) is 19.6 Å². The summed E-state index contributed by atoms with van der Waals surface area (Å²) in [5.41, 5.74) is 1.54. The van der Waals surface area contributed by atoms with Crippen molar-refractivity contribution in [2.24, 2.45) is 11.8 Å². The third kappa shape index (κ3) is 4.15. The van der Waals surface area contributed by atoms with Crippen molar-refractivity contribution in [2.45, 2.75) is 6.54 Å². The lowest BCUT2D eigenvalue weighted by atomic mass is 9.96. The number of aromatic nitrogens is 3. The minimum absolute atomic E-state index is 0.0360. The fourth-order valence-electron chi connectivity index (χ4n) is 3.41. The van der Waals surface area contributed by atoms with Gasteiger partial charge >= 0.3 is 0 Å². The highest BCUT2D eigenvalue weighted by molar-refractivity contribution is 5.77. The van der Waals surface area contributed by atoms with Gasteiger partial charge in [0.15, 0.2) is 0 Å². The lowest BCUT2D eigenvalue weighted by Crippen LogP contribution is -2.34. The number of amides is 1. The minimum Gasteiger partial charge on any atom is -0.396 e. The van der Waals surface area contributed by atoms with Gasteiger partial charge in [-0.1, -0.05) is 12.1 Å². The normalized spacial score (nSPS) is 20.7. The maximum absolute atomic E-state index is 12.6. The summed E-state index contributed by atoms with van der Waals surface area (Å²) in [6.07, 6.45) is 0. The summed E-state index contributed by atoms with van der Waals surface area (Å²) in [4.78, 5) is 17.9. The molecule has 2 heterocycles. The van der Waals surface area contributed by atoms with E-state index in [1.165, 1.54) is 4.80 Å². The summed E-state index contributed by atoms with van der Waals surface area (Å²) in [6, 6.07) is 7.52. The lowest BCUT2D eigenvalue weighted by Gasteiger charge is -2.23. The number of likely N-dealkylation sites (N-methyl/N-ethyl adjacent to an activating group) is 1. The van der Waals surface area contributed by atoms with E-state index in [1.54, 1.807) is 4.90 Å². The van der Waals surface area contributed by atoms with Crippen LogP contribution in [0, 0.1) is 11.8 Å². The van der Waals surface area contributed by atoms with Crippen molar-refractivity contribution >= 4 is 16.9 Å². The Morgan fingerprint density at radius 2 is 1.84 bits per heavy atom. The Hall–Kier alpha value is -2.03. The molecule has 1 amide bonds. The molecule has 0 unspecified atom stereocenters. The quantitative estimate of drug-likeness (QED) is 0.696. The van der Waals surface area contributed by atoms with Crippen molar-refractivity contribution in [3.63, 3.8) is 0 Å². The van der Waals surface area contributed by atoms with E-state index in [9.17, 15) is 9.90 Å². The standard InChI is InChI=1S/C17H25N5O3/c1-20(6-7-23)8-13-9-21(10-14(13)12-24)17(25)11-22-18-15-4-2-3-5-16(15)19-22/h2-5,13-14,23-24H,6-12H2,1H3/t13-,14-/m1/s1. The Labute approximate surface area is 146 Å². The maximum atomic E-state index is 12.6. The van der Waals surface area contributed by atoms with Gasteiger partial charge in [-0.15, -0.1) is 0 Å². The zero-order valence-corrected chi connectivity index (χ0v) is 14.5. The molecular weight excluding hydrogens is 322 g/mol. The van der Waals surface area contributed by atoms with Crippen LogP contribution < -0.4 is 0 Å². The predicted octanol–water partition coefficient (Wildman–Crippen LogP) is -0.578. The third-order valence-corrected chi connectivity index (χ3v) is 4.80. The van der Waals surface area contributed by atoms with E-state index >= 15 is 0 Å². The average Bonchev–Trinajstić information content (AvgIpc) is 3.18. The monoisotopic (exact) mass is 347 g/mol. The van der Waals surface area contributed by atoms with Gasteiger partial charge in [0.2, 0.25) is 5.91 Å². The molecule has 0 radical (unpaired) electrons. The van der Waals surface area contributed by atoms with Gasteiger partial charge in [-0.05, 0) is 25.1 Å². The first-order valence-electron chi connectivity index (χ1n) is 8.58. The second kappa shape index (κ2) is 7.90. The van der Waals surface area contributed by atoms with E-state index in [1.807, 2.05) is 36.2 Å². The van der Waals surface area contributed by atoms with Gasteiger partial charge in [-0.3, -0.25) is 4.79 Å². The number of hydrogen-bond donors (Lipinski definition) is 2. The Kier molecular flexibility index (Phi) is 5.62. The number of nitrogens with zero attached hydrogens (tertiary/aromatic N) is 5. The van der Waals surface area contributed by atoms with Crippen molar-refractivity contribution in [1.82, 2.24) is 24.8 Å². The Morgan fingerprint density at radius 1 is 1.20 bits per heavy atom. The van der Waals surface area contributed by atoms with Crippen LogP contribution in [0.2, 0.25) is 0 Å². The molecule has 0 bridgehead atoms. The number of aliphatic hydroxyl groups is 2. The minimum atomic E-state index is -0.0360. The fraction of sp³-hybridized carbons (Fsp3) is 0.588. The van der Waals surface area contributed by atoms with Crippen LogP contribution in [0.4, 0.5) is 0 Å². The Morgan fingerprint density at radius 3 is 2.44 bits per heavy atom. The summed E-state index contributed by atoms with van der Waals surface area (Å²) in [5.74, 6) is 0.232. The summed E-state index contributed by atoms with van der Waals surface area (Å²) in [7, 11) is 1.94. The zero-order valence-electron chi connectivity index (χ0n) is 14.5. The van der Waals surface area contributed by atoms with E-state index in [4.69, 9.17) is 5.11 Å². The third-order valence-electron chi connectivity index (χ3n) is 4.80. The van der Waals surface area contributed by atoms with Crippen LogP contribution in [0.25, 0.3) is 11.0 Å². The molecule has 25 heavy (non-hydrogen) atoms. The molecule has 1 aromatic heterocycles. The van der Waals surface area contributed by atoms with Crippen LogP contribution in [-0.2, 0) is 11.3 Å². The Bertz CT molecular complexity index is 686. The molecule has 0 spiro atoms. The molecule has 2 N–H and O–H groups in total. The molecule has 3 rings (SSSR count). The smallest absolute Gasteiger partial charge is 0.246 e. The van der Waals surface area contributed by atoms with Crippen LogP contribution in [0.1, 0.15) is 0 Å². The second-order valence-electron chi connectivity index (χ2n) is 6.71. The topological polar surface area (TPSA) is 94.7 Å². The van der Waals surface area contributed by atoms with Crippen molar-refractivity contribution < 1.29 is 15.0 Å². The lowest BCUT2D eigenvalue weighted by molar-refractivity contribution is -0.131. The van der Waals surface area contributed by atoms with Gasteiger partial charge in [0.05, 0.1) is 6.61 Å². The summed E-state index contributed by atoms with van der Waals surface area (Å²) < 4.78 is 0. The SMILES string of the molecule is CN(CCO)C[C@@H]1CN(C(=O)Cn2nc3ccccc3n2)C[C@@H]1CO. The molecule has 0 saturated carbocycles. The van der Waals surface area contributed by atoms with E-state index in [0.717, 1.165) is 17.6 Å². The van der Waals surface area contributed by atoms with Gasteiger partial charge in [0.25, 0.3) is 0 Å². The number of carbonyl (C=O) groups excluding carboxylic acids is 1. The molecule has 1 aliphatic heterocycles. The number of carbonyl (C=O) groups is 1. The van der Waals surface area contributed by atoms with Crippen molar-refractivity contribution in [3.8, 4) is 0 Å². The number of likely N-dealkylation sites (tertiary alicyclic amines) is 1. The van der Waals surface area contributed by atoms with Crippen molar-refractivity contribution in [2.75, 3.05) is 46.4 Å². The molecule has 2 atom stereocenters. The van der Waals surface area contributed by atoms with Crippen LogP contribution in [0.15, 0.2) is 24.3 Å². The van der Waals surface area contributed by atoms with E-state index in [2.05, 4.69) is 10.2 Å². The highest BCUT2D eigenvalue weighted by Gasteiger charge is 2.35. The first-order chi connectivity index (χ1) is 12.1. The van der Waals surface area contributed by atoms with Crippen LogP contribution in [0.3, 0.4) is 0 Å². The van der Waals surface area contributed by atoms with Gasteiger partial charge in [-0.2, -0.15) is 15.0 Å². The van der Waals surface area contributed by atoms with Crippen molar-refractivity contribution in [3.05, 3.63) is 24.3 Å². The summed E-state index contributed by atoms with van der Waals surface area (Å²) in [6.45, 7) is 2.77. The first kappa shape index (κ1) is 17.8. The number of hydrogen-bond acceptors (Lipinski definition) is 6. The molecule has 2 aromatic rings. The largest absolute Gasteiger partial charge is 0.396 e. The molecule has 8 nitrogen and oxygen atoms in total. The number of rotatable bonds is 7. The van der Waals surface area contributed by atoms with E-state index in [-0.39, 0.29) is 37.5 Å². The molecule has 1 saturated heterocycles. The van der Waals surface area contributed by atoms with Gasteiger partial charge in [0, 0.05) is 38.7 Å². The van der Waals surface area contributed by atoms with Gasteiger partial charge < -0.3 is 20.0 Å². The molecule has 8 heteroatoms. The summed E-state index contributed by atoms with van der Waals surface area (Å²) in [5, 5.41) is 27.3. The van der Waals surface area contributed by atoms with Crippen LogP contribution in [0.5, 0.6) is 0 Å². The second-order valence-corrected chi connectivity index (χ2v) is 6.71. The molecular formula is C17H25N5O3. The number of benzene rings is 1. The molecule has 1 aromatic carbocycles. The van der Waals surface area contributed by atoms with Crippen LogP contribution >= 0.6 is 0 Å². The highest BCUT2D eigenvalue weighted by Crippen LogP contribution is 2.24. The fourth-order valence-corrected chi connectivity index (χ4v) is 3.41. The van der Waals surface area contributed by atoms with Gasteiger partial charge in [-0.25, -0.2) is 0 Å². The molecule has 1 fully saturated rings. The molecule has 136 valence electrons. The summed E-state index contributed by atoms with van der Waals surface area (Å²) >= 11 is 0. The zero-order chi connectivity index (χ0) is 17.8. The average molecular weight is 347 g/mol. The molecule has 0 aliphatic carbocycles. The number of fused-ring (bicyclic) bond motifs is 1. The number of aliphatic hydroxyl groups excluding tert-OH is 2. The molecule has 1 aliphatic rings. The predicted molar refractivity (Wildman–Crippen MR) is 92.8 cm³/mol. The van der Waals surface area contributed by atoms with Gasteiger partial charge in [0.1, 0.15) is 17.6 Å².